The maximum absolute atomic E-state index is 13.6. The van der Waals surface area contributed by atoms with E-state index >= 15 is 0 Å². The molecule has 3 heterocycles. The number of hydrogen-bond donors (Lipinski definition) is 2. The second-order valence-corrected chi connectivity index (χ2v) is 13.0. The highest BCUT2D eigenvalue weighted by atomic mass is 35.5. The molecule has 0 unspecified atom stereocenters. The van der Waals surface area contributed by atoms with Crippen molar-refractivity contribution in [3.8, 4) is 11.5 Å². The maximum atomic E-state index is 13.6. The zero-order valence-electron chi connectivity index (χ0n) is 27.6. The number of nitrogens with one attached hydrogen (secondary N) is 2. The number of carbonyl (C=O) groups is 1. The summed E-state index contributed by atoms with van der Waals surface area (Å²) in [5.74, 6) is 2.75. The van der Waals surface area contributed by atoms with Crippen LogP contribution in [0.4, 0.5) is 11.6 Å². The van der Waals surface area contributed by atoms with E-state index in [0.717, 1.165) is 48.6 Å². The number of carbonyl (C=O) groups excluding carboxylic acids is 1. The third kappa shape index (κ3) is 7.06. The molecule has 246 valence electrons. The summed E-state index contributed by atoms with van der Waals surface area (Å²) in [6, 6.07) is 18.6. The molecule has 1 saturated carbocycles. The number of anilines is 2. The summed E-state index contributed by atoms with van der Waals surface area (Å²) in [6.45, 7) is 6.43. The molecule has 6 rings (SSSR count). The van der Waals surface area contributed by atoms with Crippen molar-refractivity contribution in [3.63, 3.8) is 0 Å². The van der Waals surface area contributed by atoms with Crippen molar-refractivity contribution in [2.45, 2.75) is 64.6 Å². The number of benzene rings is 2. The summed E-state index contributed by atoms with van der Waals surface area (Å²) in [5, 5.41) is 7.42. The lowest BCUT2D eigenvalue weighted by Gasteiger charge is -2.44. The van der Waals surface area contributed by atoms with Gasteiger partial charge in [0.15, 0.2) is 5.15 Å². The molecule has 2 N–H and O–H groups in total. The monoisotopic (exact) mass is 654 g/mol. The van der Waals surface area contributed by atoms with E-state index < -0.39 is 0 Å². The predicted molar refractivity (Wildman–Crippen MR) is 186 cm³/mol. The van der Waals surface area contributed by atoms with E-state index in [1.54, 1.807) is 32.7 Å². The number of pyridine rings is 1. The van der Waals surface area contributed by atoms with Crippen molar-refractivity contribution in [2.75, 3.05) is 37.5 Å². The Hall–Kier alpha value is -4.21. The quantitative estimate of drug-likeness (QED) is 0.163. The minimum absolute atomic E-state index is 0.116. The SMILES string of the molecule is COc1ccc(CNc2nccc(C(=O)c3ncc(N4CCC5(CCC[C@H]5N[C@H](C)c5ccc(OC)cc5)CC4)nc3Cl)c2C)cc1. The van der Waals surface area contributed by atoms with Crippen LogP contribution in [0.1, 0.15) is 77.8 Å². The summed E-state index contributed by atoms with van der Waals surface area (Å²) in [6.07, 6.45) is 9.12. The smallest absolute Gasteiger partial charge is 0.214 e. The van der Waals surface area contributed by atoms with E-state index in [-0.39, 0.29) is 28.1 Å². The highest BCUT2D eigenvalue weighted by Gasteiger charge is 2.45. The highest BCUT2D eigenvalue weighted by molar-refractivity contribution is 6.33. The van der Waals surface area contributed by atoms with Crippen LogP contribution >= 0.6 is 11.6 Å². The van der Waals surface area contributed by atoms with Gasteiger partial charge in [-0.3, -0.25) is 4.79 Å². The Morgan fingerprint density at radius 2 is 1.68 bits per heavy atom. The normalized spacial score (nSPS) is 17.8. The lowest BCUT2D eigenvalue weighted by atomic mass is 9.73. The molecular formula is C37H43ClN6O3. The summed E-state index contributed by atoms with van der Waals surface area (Å²) >= 11 is 6.65. The number of nitrogens with zero attached hydrogens (tertiary/aromatic N) is 4. The molecule has 10 heteroatoms. The number of ketones is 1. The first-order valence-electron chi connectivity index (χ1n) is 16.3. The number of ether oxygens (including phenoxy) is 2. The standard InChI is InChI=1S/C37H43ClN6O3/c1-24-30(15-19-39-36(24)41-22-26-7-11-28(46-3)12-8-26)34(45)33-35(38)43-32(23-40-33)44-20-17-37(18-21-44)16-5-6-31(37)42-25(2)27-9-13-29(47-4)14-10-27/h7-15,19,23,25,31,42H,5-6,16-18,20-22H2,1-4H3,(H,39,41)/t25-,31-/m1/s1. The van der Waals surface area contributed by atoms with Crippen molar-refractivity contribution in [3.05, 3.63) is 100 Å². The molecule has 0 bridgehead atoms. The van der Waals surface area contributed by atoms with Gasteiger partial charge in [0.2, 0.25) is 5.78 Å². The average molecular weight is 655 g/mol. The Morgan fingerprint density at radius 3 is 2.34 bits per heavy atom. The lowest BCUT2D eigenvalue weighted by Crippen LogP contribution is -2.49. The molecule has 4 aromatic rings. The van der Waals surface area contributed by atoms with Crippen LogP contribution in [0.2, 0.25) is 5.15 Å². The molecule has 2 aromatic carbocycles. The van der Waals surface area contributed by atoms with Crippen molar-refractivity contribution < 1.29 is 14.3 Å². The van der Waals surface area contributed by atoms with E-state index in [1.807, 2.05) is 43.3 Å². The van der Waals surface area contributed by atoms with Gasteiger partial charge >= 0.3 is 0 Å². The third-order valence-electron chi connectivity index (χ3n) is 10.1. The van der Waals surface area contributed by atoms with Crippen LogP contribution in [0.3, 0.4) is 0 Å². The van der Waals surface area contributed by atoms with Crippen LogP contribution in [0.15, 0.2) is 67.0 Å². The van der Waals surface area contributed by atoms with Gasteiger partial charge in [-0.2, -0.15) is 0 Å². The second kappa shape index (κ2) is 14.3. The van der Waals surface area contributed by atoms with Gasteiger partial charge in [-0.25, -0.2) is 15.0 Å². The van der Waals surface area contributed by atoms with Crippen LogP contribution in [0.5, 0.6) is 11.5 Å². The molecule has 1 spiro atoms. The van der Waals surface area contributed by atoms with Crippen LogP contribution < -0.4 is 25.0 Å². The first-order chi connectivity index (χ1) is 22.8. The van der Waals surface area contributed by atoms with Crippen molar-refractivity contribution in [2.24, 2.45) is 5.41 Å². The zero-order valence-corrected chi connectivity index (χ0v) is 28.3. The fraction of sp³-hybridized carbons (Fsp3) is 0.405. The molecule has 2 aromatic heterocycles. The van der Waals surface area contributed by atoms with Crippen LogP contribution in [0, 0.1) is 12.3 Å². The van der Waals surface area contributed by atoms with Gasteiger partial charge in [0.05, 0.1) is 20.4 Å². The molecule has 2 aliphatic rings. The molecule has 47 heavy (non-hydrogen) atoms. The van der Waals surface area contributed by atoms with Crippen LogP contribution in [0.25, 0.3) is 0 Å². The number of piperidine rings is 1. The number of rotatable bonds is 11. The number of hydrogen-bond acceptors (Lipinski definition) is 9. The number of methoxy groups -OCH3 is 2. The van der Waals surface area contributed by atoms with E-state index in [4.69, 9.17) is 21.1 Å². The molecule has 2 atom stereocenters. The lowest BCUT2D eigenvalue weighted by molar-refractivity contribution is 0.103. The second-order valence-electron chi connectivity index (χ2n) is 12.7. The maximum Gasteiger partial charge on any atom is 0.214 e. The molecule has 9 nitrogen and oxygen atoms in total. The zero-order chi connectivity index (χ0) is 33.0. The minimum atomic E-state index is -0.273. The average Bonchev–Trinajstić information content (AvgIpc) is 3.48. The fourth-order valence-corrected chi connectivity index (χ4v) is 7.37. The summed E-state index contributed by atoms with van der Waals surface area (Å²) in [4.78, 5) is 29.5. The molecule has 2 fully saturated rings. The van der Waals surface area contributed by atoms with E-state index in [0.29, 0.717) is 29.8 Å². The van der Waals surface area contributed by atoms with Gasteiger partial charge in [-0.15, -0.1) is 0 Å². The molecule has 1 saturated heterocycles. The topological polar surface area (TPSA) is 102 Å². The molecule has 0 radical (unpaired) electrons. The Balaban J connectivity index is 1.08. The Kier molecular flexibility index (Phi) is 9.94. The first kappa shape index (κ1) is 32.7. The van der Waals surface area contributed by atoms with Gasteiger partial charge in [-0.05, 0) is 86.4 Å². The summed E-state index contributed by atoms with van der Waals surface area (Å²) in [5.41, 5.74) is 3.97. The molecule has 1 aliphatic carbocycles. The van der Waals surface area contributed by atoms with Crippen molar-refractivity contribution >= 4 is 29.0 Å². The Bertz CT molecular complexity index is 1690. The highest BCUT2D eigenvalue weighted by Crippen LogP contribution is 2.47. The van der Waals surface area contributed by atoms with Gasteiger partial charge in [0, 0.05) is 49.0 Å². The Labute approximate surface area is 282 Å². The van der Waals surface area contributed by atoms with Crippen molar-refractivity contribution in [1.82, 2.24) is 20.3 Å². The van der Waals surface area contributed by atoms with Gasteiger partial charge in [-0.1, -0.05) is 42.3 Å². The van der Waals surface area contributed by atoms with Gasteiger partial charge in [0.25, 0.3) is 0 Å². The third-order valence-corrected chi connectivity index (χ3v) is 10.3. The van der Waals surface area contributed by atoms with Gasteiger partial charge < -0.3 is 25.0 Å². The minimum Gasteiger partial charge on any atom is -0.497 e. The number of halogens is 1. The molecular weight excluding hydrogens is 612 g/mol. The van der Waals surface area contributed by atoms with Crippen LogP contribution in [-0.4, -0.2) is 54.1 Å². The Morgan fingerprint density at radius 1 is 1.00 bits per heavy atom. The predicted octanol–water partition coefficient (Wildman–Crippen LogP) is 7.18. The van der Waals surface area contributed by atoms with E-state index in [9.17, 15) is 4.79 Å². The van der Waals surface area contributed by atoms with Crippen molar-refractivity contribution in [1.29, 1.82) is 0 Å². The van der Waals surface area contributed by atoms with E-state index in [1.165, 1.54) is 24.8 Å². The number of aromatic nitrogens is 3. The largest absolute Gasteiger partial charge is 0.497 e. The van der Waals surface area contributed by atoms with Gasteiger partial charge in [0.1, 0.15) is 28.8 Å². The first-order valence-corrected chi connectivity index (χ1v) is 16.7. The summed E-state index contributed by atoms with van der Waals surface area (Å²) < 4.78 is 10.6. The summed E-state index contributed by atoms with van der Waals surface area (Å²) in [7, 11) is 3.34. The fourth-order valence-electron chi connectivity index (χ4n) is 7.15. The van der Waals surface area contributed by atoms with E-state index in [2.05, 4.69) is 49.5 Å². The molecule has 0 amide bonds. The van der Waals surface area contributed by atoms with Crippen LogP contribution in [-0.2, 0) is 6.54 Å². The molecule has 1 aliphatic heterocycles.